The van der Waals surface area contributed by atoms with Crippen molar-refractivity contribution in [1.29, 1.82) is 0 Å². The van der Waals surface area contributed by atoms with E-state index in [1.54, 1.807) is 0 Å². The van der Waals surface area contributed by atoms with Crippen LogP contribution in [0, 0.1) is 0 Å². The second kappa shape index (κ2) is 9.93. The van der Waals surface area contributed by atoms with E-state index >= 15 is 0 Å². The Balaban J connectivity index is 3.45. The van der Waals surface area contributed by atoms with Crippen molar-refractivity contribution in [3.05, 3.63) is 0 Å². The molecule has 90 valence electrons. The molecule has 0 aromatic carbocycles. The van der Waals surface area contributed by atoms with Gasteiger partial charge in [-0.3, -0.25) is 4.79 Å². The van der Waals surface area contributed by atoms with E-state index in [2.05, 4.69) is 29.4 Å². The fourth-order valence-corrected chi connectivity index (χ4v) is 1.40. The summed E-state index contributed by atoms with van der Waals surface area (Å²) in [6.07, 6.45) is 1.17. The van der Waals surface area contributed by atoms with Gasteiger partial charge in [0.05, 0.1) is 6.54 Å². The van der Waals surface area contributed by atoms with Crippen molar-refractivity contribution in [3.8, 4) is 0 Å². The molecule has 2 N–H and O–H groups in total. The van der Waals surface area contributed by atoms with E-state index in [-0.39, 0.29) is 5.91 Å². The molecule has 1 amide bonds. The zero-order valence-electron chi connectivity index (χ0n) is 10.3. The Morgan fingerprint density at radius 3 is 2.47 bits per heavy atom. The fraction of sp³-hybridized carbons (Fsp3) is 0.909. The normalized spacial score (nSPS) is 10.7. The molecular weight excluding hydrogens is 190 g/mol. The third-order valence-corrected chi connectivity index (χ3v) is 2.27. The summed E-state index contributed by atoms with van der Waals surface area (Å²) in [7, 11) is 0. The highest BCUT2D eigenvalue weighted by molar-refractivity contribution is 5.77. The molecule has 0 fully saturated rings. The minimum atomic E-state index is 0.0874. The van der Waals surface area contributed by atoms with Crippen LogP contribution < -0.4 is 10.6 Å². The zero-order valence-corrected chi connectivity index (χ0v) is 10.3. The molecule has 0 unspecified atom stereocenters. The Morgan fingerprint density at radius 2 is 1.93 bits per heavy atom. The maximum atomic E-state index is 11.2. The largest absolute Gasteiger partial charge is 0.354 e. The van der Waals surface area contributed by atoms with Crippen molar-refractivity contribution in [3.63, 3.8) is 0 Å². The lowest BCUT2D eigenvalue weighted by atomic mass is 10.4. The van der Waals surface area contributed by atoms with Crippen LogP contribution in [0.1, 0.15) is 27.2 Å². The number of nitrogens with zero attached hydrogens (tertiary/aromatic N) is 1. The highest BCUT2D eigenvalue weighted by Gasteiger charge is 2.02. The molecule has 15 heavy (non-hydrogen) atoms. The Morgan fingerprint density at radius 1 is 1.20 bits per heavy atom. The highest BCUT2D eigenvalue weighted by Crippen LogP contribution is 1.88. The summed E-state index contributed by atoms with van der Waals surface area (Å²) in [6, 6.07) is 0. The molecule has 0 rings (SSSR count). The first-order valence-electron chi connectivity index (χ1n) is 5.94. The van der Waals surface area contributed by atoms with Crippen LogP contribution in [0.3, 0.4) is 0 Å². The first-order valence-corrected chi connectivity index (χ1v) is 5.94. The Labute approximate surface area is 93.4 Å². The highest BCUT2D eigenvalue weighted by atomic mass is 16.1. The number of carbonyl (C=O) groups is 1. The van der Waals surface area contributed by atoms with Gasteiger partial charge in [-0.25, -0.2) is 0 Å². The van der Waals surface area contributed by atoms with Gasteiger partial charge < -0.3 is 15.5 Å². The molecule has 4 nitrogen and oxygen atoms in total. The summed E-state index contributed by atoms with van der Waals surface area (Å²) in [5.41, 5.74) is 0. The fourth-order valence-electron chi connectivity index (χ4n) is 1.40. The number of amides is 1. The van der Waals surface area contributed by atoms with Gasteiger partial charge in [-0.05, 0) is 26.1 Å². The number of hydrogen-bond donors (Lipinski definition) is 2. The van der Waals surface area contributed by atoms with Crippen molar-refractivity contribution >= 4 is 5.91 Å². The van der Waals surface area contributed by atoms with Crippen molar-refractivity contribution in [2.45, 2.75) is 27.2 Å². The lowest BCUT2D eigenvalue weighted by molar-refractivity contribution is -0.120. The van der Waals surface area contributed by atoms with Gasteiger partial charge in [-0.15, -0.1) is 0 Å². The second-order valence-electron chi connectivity index (χ2n) is 3.56. The van der Waals surface area contributed by atoms with E-state index in [1.165, 1.54) is 6.42 Å². The van der Waals surface area contributed by atoms with E-state index in [0.717, 1.165) is 32.7 Å². The molecule has 0 bridgehead atoms. The summed E-state index contributed by atoms with van der Waals surface area (Å²) >= 11 is 0. The van der Waals surface area contributed by atoms with Crippen LogP contribution in [0.15, 0.2) is 0 Å². The molecule has 0 heterocycles. The average molecular weight is 215 g/mol. The number of hydrogen-bond acceptors (Lipinski definition) is 3. The minimum Gasteiger partial charge on any atom is -0.354 e. The van der Waals surface area contributed by atoms with Gasteiger partial charge in [-0.2, -0.15) is 0 Å². The van der Waals surface area contributed by atoms with E-state index in [4.69, 9.17) is 0 Å². The van der Waals surface area contributed by atoms with Crippen molar-refractivity contribution in [2.24, 2.45) is 0 Å². The van der Waals surface area contributed by atoms with Crippen LogP contribution in [0.2, 0.25) is 0 Å². The van der Waals surface area contributed by atoms with Gasteiger partial charge in [0, 0.05) is 13.1 Å². The third-order valence-electron chi connectivity index (χ3n) is 2.27. The van der Waals surface area contributed by atoms with Crippen LogP contribution in [-0.2, 0) is 4.79 Å². The quantitative estimate of drug-likeness (QED) is 0.587. The van der Waals surface area contributed by atoms with E-state index < -0.39 is 0 Å². The van der Waals surface area contributed by atoms with Gasteiger partial charge in [0.1, 0.15) is 0 Å². The minimum absolute atomic E-state index is 0.0874. The van der Waals surface area contributed by atoms with Gasteiger partial charge in [0.15, 0.2) is 0 Å². The SMILES string of the molecule is CCCN(CC)CCNC(=O)CNCC. The lowest BCUT2D eigenvalue weighted by Gasteiger charge is -2.19. The summed E-state index contributed by atoms with van der Waals surface area (Å²) in [6.45, 7) is 11.4. The summed E-state index contributed by atoms with van der Waals surface area (Å²) < 4.78 is 0. The predicted octanol–water partition coefficient (Wildman–Crippen LogP) is 0.444. The molecule has 0 aromatic heterocycles. The monoisotopic (exact) mass is 215 g/mol. The lowest BCUT2D eigenvalue weighted by Crippen LogP contribution is -2.39. The number of carbonyl (C=O) groups excluding carboxylic acids is 1. The number of nitrogens with one attached hydrogen (secondary N) is 2. The summed E-state index contributed by atoms with van der Waals surface area (Å²) in [4.78, 5) is 13.6. The molecule has 0 saturated heterocycles. The summed E-state index contributed by atoms with van der Waals surface area (Å²) in [5.74, 6) is 0.0874. The Hall–Kier alpha value is -0.610. The van der Waals surface area contributed by atoms with Gasteiger partial charge in [0.25, 0.3) is 0 Å². The topological polar surface area (TPSA) is 44.4 Å². The molecule has 0 aromatic rings. The van der Waals surface area contributed by atoms with Gasteiger partial charge in [-0.1, -0.05) is 20.8 Å². The molecule has 0 saturated carbocycles. The maximum Gasteiger partial charge on any atom is 0.234 e. The molecule has 0 atom stereocenters. The molecule has 0 aliphatic rings. The van der Waals surface area contributed by atoms with Crippen LogP contribution >= 0.6 is 0 Å². The van der Waals surface area contributed by atoms with Gasteiger partial charge in [0.2, 0.25) is 5.91 Å². The molecule has 0 radical (unpaired) electrons. The Bertz CT molecular complexity index is 162. The van der Waals surface area contributed by atoms with Crippen LogP contribution in [-0.4, -0.2) is 50.1 Å². The third kappa shape index (κ3) is 8.39. The van der Waals surface area contributed by atoms with E-state index in [9.17, 15) is 4.79 Å². The number of rotatable bonds is 9. The standard InChI is InChI=1S/C11H25N3O/c1-4-8-14(6-3)9-7-13-11(15)10-12-5-2/h12H,4-10H2,1-3H3,(H,13,15). The zero-order chi connectivity index (χ0) is 11.5. The smallest absolute Gasteiger partial charge is 0.234 e. The molecule has 4 heteroatoms. The average Bonchev–Trinajstić information content (AvgIpc) is 2.25. The van der Waals surface area contributed by atoms with Crippen LogP contribution in [0.4, 0.5) is 0 Å². The second-order valence-corrected chi connectivity index (χ2v) is 3.56. The first-order chi connectivity index (χ1) is 7.24. The van der Waals surface area contributed by atoms with Crippen molar-refractivity contribution in [2.75, 3.05) is 39.3 Å². The first kappa shape index (κ1) is 14.4. The predicted molar refractivity (Wildman–Crippen MR) is 64.0 cm³/mol. The van der Waals surface area contributed by atoms with Gasteiger partial charge >= 0.3 is 0 Å². The van der Waals surface area contributed by atoms with Crippen LogP contribution in [0.5, 0.6) is 0 Å². The van der Waals surface area contributed by atoms with Crippen molar-refractivity contribution < 1.29 is 4.79 Å². The van der Waals surface area contributed by atoms with Crippen molar-refractivity contribution in [1.82, 2.24) is 15.5 Å². The Kier molecular flexibility index (Phi) is 9.52. The molecule has 0 spiro atoms. The molecular formula is C11H25N3O. The van der Waals surface area contributed by atoms with Crippen LogP contribution in [0.25, 0.3) is 0 Å². The maximum absolute atomic E-state index is 11.2. The summed E-state index contributed by atoms with van der Waals surface area (Å²) in [5, 5.41) is 5.90. The molecule has 0 aliphatic heterocycles. The van der Waals surface area contributed by atoms with E-state index in [1.807, 2.05) is 6.92 Å². The van der Waals surface area contributed by atoms with E-state index in [0.29, 0.717) is 6.54 Å². The molecule has 0 aliphatic carbocycles. The number of likely N-dealkylation sites (N-methyl/N-ethyl adjacent to an activating group) is 2.